The lowest BCUT2D eigenvalue weighted by Crippen LogP contribution is -2.25. The minimum Gasteiger partial charge on any atom is -0.486 e. The van der Waals surface area contributed by atoms with Gasteiger partial charge in [0, 0.05) is 28.3 Å². The third kappa shape index (κ3) is 5.76. The number of ether oxygens (including phenoxy) is 2. The second kappa shape index (κ2) is 10.8. The van der Waals surface area contributed by atoms with Crippen molar-refractivity contribution in [1.82, 2.24) is 0 Å². The lowest BCUT2D eigenvalue weighted by atomic mass is 9.88. The van der Waals surface area contributed by atoms with Crippen LogP contribution in [0.5, 0.6) is 11.5 Å². The predicted octanol–water partition coefficient (Wildman–Crippen LogP) is 5.49. The molecule has 0 saturated heterocycles. The van der Waals surface area contributed by atoms with Crippen LogP contribution in [-0.2, 0) is 9.59 Å². The molecule has 1 aliphatic carbocycles. The van der Waals surface area contributed by atoms with Crippen LogP contribution in [0.15, 0.2) is 47.4 Å². The Morgan fingerprint density at radius 3 is 2.50 bits per heavy atom. The Kier molecular flexibility index (Phi) is 7.58. The summed E-state index contributed by atoms with van der Waals surface area (Å²) in [4.78, 5) is 26.4. The number of carbonyl (C=O) groups is 2. The van der Waals surface area contributed by atoms with E-state index < -0.39 is 0 Å². The number of benzene rings is 2. The van der Waals surface area contributed by atoms with E-state index in [2.05, 4.69) is 10.6 Å². The molecule has 1 aliphatic heterocycles. The zero-order valence-corrected chi connectivity index (χ0v) is 19.2. The van der Waals surface area contributed by atoms with Gasteiger partial charge in [-0.2, -0.15) is 0 Å². The van der Waals surface area contributed by atoms with Crippen molar-refractivity contribution in [2.75, 3.05) is 23.8 Å². The lowest BCUT2D eigenvalue weighted by Gasteiger charge is -2.21. The summed E-state index contributed by atoms with van der Waals surface area (Å²) in [5.74, 6) is 1.50. The summed E-state index contributed by atoms with van der Waals surface area (Å²) in [6.45, 7) is 3.04. The first-order valence-corrected chi connectivity index (χ1v) is 12.3. The van der Waals surface area contributed by atoms with Crippen molar-refractivity contribution in [3.05, 3.63) is 42.5 Å². The fourth-order valence-electron chi connectivity index (χ4n) is 4.09. The van der Waals surface area contributed by atoms with Gasteiger partial charge in [-0.05, 0) is 49.6 Å². The predicted molar refractivity (Wildman–Crippen MR) is 128 cm³/mol. The van der Waals surface area contributed by atoms with Crippen molar-refractivity contribution in [2.45, 2.75) is 55.6 Å². The van der Waals surface area contributed by atoms with Crippen LogP contribution in [0.3, 0.4) is 0 Å². The van der Waals surface area contributed by atoms with E-state index in [1.54, 1.807) is 6.07 Å². The quantitative estimate of drug-likeness (QED) is 0.541. The third-order valence-corrected chi connectivity index (χ3v) is 7.19. The van der Waals surface area contributed by atoms with E-state index in [9.17, 15) is 9.59 Å². The van der Waals surface area contributed by atoms with Gasteiger partial charge in [-0.1, -0.05) is 32.3 Å². The first kappa shape index (κ1) is 22.5. The highest BCUT2D eigenvalue weighted by Gasteiger charge is 2.22. The Bertz CT molecular complexity index is 959. The average Bonchev–Trinajstić information content (AvgIpc) is 2.83. The summed E-state index contributed by atoms with van der Waals surface area (Å²) < 4.78 is 11.1. The molecule has 1 atom stereocenters. The number of amides is 2. The monoisotopic (exact) mass is 454 g/mol. The van der Waals surface area contributed by atoms with Crippen LogP contribution in [0.4, 0.5) is 11.4 Å². The Morgan fingerprint density at radius 1 is 0.969 bits per heavy atom. The molecule has 0 spiro atoms. The van der Waals surface area contributed by atoms with Gasteiger partial charge in [0.15, 0.2) is 11.5 Å². The summed E-state index contributed by atoms with van der Waals surface area (Å²) in [6, 6.07) is 13.2. The van der Waals surface area contributed by atoms with Crippen LogP contribution in [0.2, 0.25) is 0 Å². The maximum Gasteiger partial charge on any atom is 0.237 e. The van der Waals surface area contributed by atoms with Crippen molar-refractivity contribution in [3.8, 4) is 11.5 Å². The largest absolute Gasteiger partial charge is 0.486 e. The minimum atomic E-state index is -0.257. The van der Waals surface area contributed by atoms with Crippen LogP contribution in [0, 0.1) is 5.92 Å². The number of hydrogen-bond acceptors (Lipinski definition) is 5. The van der Waals surface area contributed by atoms with Gasteiger partial charge in [0.1, 0.15) is 13.2 Å². The molecule has 2 aromatic carbocycles. The molecule has 2 aromatic rings. The molecular weight excluding hydrogens is 424 g/mol. The number of anilines is 2. The molecule has 6 nitrogen and oxygen atoms in total. The van der Waals surface area contributed by atoms with Gasteiger partial charge >= 0.3 is 0 Å². The van der Waals surface area contributed by atoms with Gasteiger partial charge in [0.05, 0.1) is 5.25 Å². The number of rotatable bonds is 7. The third-order valence-electron chi connectivity index (χ3n) is 5.83. The molecule has 2 aliphatic rings. The van der Waals surface area contributed by atoms with E-state index in [1.807, 2.05) is 43.3 Å². The van der Waals surface area contributed by atoms with Crippen LogP contribution >= 0.6 is 11.8 Å². The molecule has 1 fully saturated rings. The number of hydrogen-bond donors (Lipinski definition) is 2. The van der Waals surface area contributed by atoms with E-state index in [-0.39, 0.29) is 23.0 Å². The highest BCUT2D eigenvalue weighted by atomic mass is 32.2. The van der Waals surface area contributed by atoms with Crippen molar-refractivity contribution >= 4 is 35.0 Å². The molecule has 1 saturated carbocycles. The summed E-state index contributed by atoms with van der Waals surface area (Å²) in [6.07, 6.45) is 6.11. The Labute approximate surface area is 193 Å². The number of thioether (sulfide) groups is 1. The van der Waals surface area contributed by atoms with Gasteiger partial charge in [0.2, 0.25) is 11.8 Å². The maximum absolute atomic E-state index is 12.9. The smallest absolute Gasteiger partial charge is 0.237 e. The molecular formula is C25H30N2O4S. The normalized spacial score (nSPS) is 16.8. The summed E-state index contributed by atoms with van der Waals surface area (Å²) in [7, 11) is 0. The lowest BCUT2D eigenvalue weighted by molar-refractivity contribution is -0.120. The van der Waals surface area contributed by atoms with E-state index >= 15 is 0 Å². The minimum absolute atomic E-state index is 0.0641. The maximum atomic E-state index is 12.9. The fourth-order valence-corrected chi connectivity index (χ4v) is 5.10. The van der Waals surface area contributed by atoms with Gasteiger partial charge in [-0.25, -0.2) is 0 Å². The van der Waals surface area contributed by atoms with Crippen molar-refractivity contribution in [3.63, 3.8) is 0 Å². The Morgan fingerprint density at radius 2 is 1.72 bits per heavy atom. The second-order valence-electron chi connectivity index (χ2n) is 8.21. The molecule has 0 aromatic heterocycles. The molecule has 2 N–H and O–H groups in total. The summed E-state index contributed by atoms with van der Waals surface area (Å²) >= 11 is 1.50. The highest BCUT2D eigenvalue weighted by molar-refractivity contribution is 8.00. The fraction of sp³-hybridized carbons (Fsp3) is 0.440. The van der Waals surface area contributed by atoms with Crippen LogP contribution in [0.1, 0.15) is 45.4 Å². The zero-order valence-electron chi connectivity index (χ0n) is 18.4. The van der Waals surface area contributed by atoms with E-state index in [4.69, 9.17) is 9.47 Å². The van der Waals surface area contributed by atoms with Crippen molar-refractivity contribution in [2.24, 2.45) is 5.92 Å². The molecule has 2 amide bonds. The Hall–Kier alpha value is -2.67. The zero-order chi connectivity index (χ0) is 22.3. The number of fused-ring (bicyclic) bond motifs is 1. The topological polar surface area (TPSA) is 76.7 Å². The van der Waals surface area contributed by atoms with Gasteiger partial charge in [-0.15, -0.1) is 11.8 Å². The number of nitrogens with one attached hydrogen (secondary N) is 2. The molecule has 4 rings (SSSR count). The van der Waals surface area contributed by atoms with Gasteiger partial charge in [-0.3, -0.25) is 9.59 Å². The van der Waals surface area contributed by atoms with Crippen LogP contribution < -0.4 is 20.1 Å². The molecule has 0 radical (unpaired) electrons. The SMILES string of the molecule is CCC(Sc1cccc(NC(=O)C2CCCCC2)c1)C(=O)Nc1ccc2c(c1)OCCO2. The molecule has 7 heteroatoms. The number of carbonyl (C=O) groups excluding carboxylic acids is 2. The average molecular weight is 455 g/mol. The van der Waals surface area contributed by atoms with Gasteiger partial charge < -0.3 is 20.1 Å². The van der Waals surface area contributed by atoms with Crippen molar-refractivity contribution < 1.29 is 19.1 Å². The molecule has 170 valence electrons. The van der Waals surface area contributed by atoms with Crippen LogP contribution in [0.25, 0.3) is 0 Å². The van der Waals surface area contributed by atoms with Crippen molar-refractivity contribution in [1.29, 1.82) is 0 Å². The van der Waals surface area contributed by atoms with E-state index in [0.717, 1.165) is 36.3 Å². The van der Waals surface area contributed by atoms with Crippen LogP contribution in [-0.4, -0.2) is 30.3 Å². The second-order valence-corrected chi connectivity index (χ2v) is 9.49. The molecule has 1 heterocycles. The Balaban J connectivity index is 1.37. The molecule has 0 bridgehead atoms. The summed E-state index contributed by atoms with van der Waals surface area (Å²) in [5.41, 5.74) is 1.47. The first-order valence-electron chi connectivity index (χ1n) is 11.4. The first-order chi connectivity index (χ1) is 15.6. The van der Waals surface area contributed by atoms with E-state index in [0.29, 0.717) is 36.8 Å². The van der Waals surface area contributed by atoms with Gasteiger partial charge in [0.25, 0.3) is 0 Å². The molecule has 1 unspecified atom stereocenters. The molecule has 32 heavy (non-hydrogen) atoms. The highest BCUT2D eigenvalue weighted by Crippen LogP contribution is 2.34. The standard InChI is InChI=1S/C25H30N2O4S/c1-2-23(25(29)27-19-11-12-21-22(16-19)31-14-13-30-21)32-20-10-6-9-18(15-20)26-24(28)17-7-4-3-5-8-17/h6,9-12,15-17,23H,2-5,7-8,13-14H2,1H3,(H,26,28)(H,27,29). The van der Waals surface area contributed by atoms with E-state index in [1.165, 1.54) is 18.2 Å². The summed E-state index contributed by atoms with van der Waals surface area (Å²) in [5, 5.41) is 5.79.